The summed E-state index contributed by atoms with van der Waals surface area (Å²) in [5, 5.41) is 0.913. The van der Waals surface area contributed by atoms with Crippen molar-refractivity contribution in [3.8, 4) is 11.1 Å². The highest BCUT2D eigenvalue weighted by atomic mass is 79.9. The monoisotopic (exact) mass is 302 g/mol. The highest BCUT2D eigenvalue weighted by molar-refractivity contribution is 9.08. The first-order chi connectivity index (χ1) is 8.50. The van der Waals surface area contributed by atoms with E-state index in [1.165, 1.54) is 22.3 Å². The Morgan fingerprint density at radius 3 is 1.61 bits per heavy atom. The first-order valence-electron chi connectivity index (χ1n) is 6.26. The summed E-state index contributed by atoms with van der Waals surface area (Å²) in [7, 11) is 0. The van der Waals surface area contributed by atoms with E-state index >= 15 is 0 Å². The van der Waals surface area contributed by atoms with Crippen molar-refractivity contribution in [1.82, 2.24) is 0 Å². The molecule has 2 rings (SSSR count). The fourth-order valence-corrected chi connectivity index (χ4v) is 2.32. The van der Waals surface area contributed by atoms with Gasteiger partial charge in [-0.2, -0.15) is 0 Å². The SMILES string of the molecule is CC(C)(C)c1ccc(-c2ccc(CBr)cc2)cc1. The molecule has 0 aliphatic heterocycles. The maximum absolute atomic E-state index is 3.47. The van der Waals surface area contributed by atoms with Gasteiger partial charge in [-0.15, -0.1) is 0 Å². The van der Waals surface area contributed by atoms with Gasteiger partial charge in [0.05, 0.1) is 0 Å². The lowest BCUT2D eigenvalue weighted by atomic mass is 9.86. The van der Waals surface area contributed by atoms with Gasteiger partial charge in [0.15, 0.2) is 0 Å². The van der Waals surface area contributed by atoms with Gasteiger partial charge in [0.1, 0.15) is 0 Å². The maximum atomic E-state index is 3.47. The minimum absolute atomic E-state index is 0.221. The first kappa shape index (κ1) is 13.4. The summed E-state index contributed by atoms with van der Waals surface area (Å²) in [5.74, 6) is 0. The normalized spacial score (nSPS) is 11.6. The summed E-state index contributed by atoms with van der Waals surface area (Å²) in [6.07, 6.45) is 0. The Bertz CT molecular complexity index is 501. The van der Waals surface area contributed by atoms with Gasteiger partial charge in [-0.3, -0.25) is 0 Å². The van der Waals surface area contributed by atoms with Crippen molar-refractivity contribution in [2.45, 2.75) is 31.5 Å². The molecule has 0 heterocycles. The van der Waals surface area contributed by atoms with Gasteiger partial charge in [-0.1, -0.05) is 85.2 Å². The Morgan fingerprint density at radius 1 is 0.778 bits per heavy atom. The van der Waals surface area contributed by atoms with Crippen molar-refractivity contribution in [2.75, 3.05) is 0 Å². The molecule has 2 aromatic rings. The van der Waals surface area contributed by atoms with Crippen LogP contribution in [0.4, 0.5) is 0 Å². The van der Waals surface area contributed by atoms with Crippen LogP contribution in [0.15, 0.2) is 48.5 Å². The van der Waals surface area contributed by atoms with Crippen LogP contribution in [0.5, 0.6) is 0 Å². The molecule has 0 radical (unpaired) electrons. The van der Waals surface area contributed by atoms with E-state index in [-0.39, 0.29) is 5.41 Å². The predicted octanol–water partition coefficient (Wildman–Crippen LogP) is 5.55. The van der Waals surface area contributed by atoms with E-state index in [1.807, 2.05) is 0 Å². The summed E-state index contributed by atoms with van der Waals surface area (Å²) >= 11 is 3.47. The zero-order valence-corrected chi connectivity index (χ0v) is 12.8. The summed E-state index contributed by atoms with van der Waals surface area (Å²) in [6, 6.07) is 17.6. The highest BCUT2D eigenvalue weighted by Crippen LogP contribution is 2.26. The van der Waals surface area contributed by atoms with Crippen LogP contribution < -0.4 is 0 Å². The molecule has 94 valence electrons. The zero-order valence-electron chi connectivity index (χ0n) is 11.2. The van der Waals surface area contributed by atoms with E-state index in [0.29, 0.717) is 0 Å². The molecule has 0 nitrogen and oxygen atoms in total. The summed E-state index contributed by atoms with van der Waals surface area (Å²) in [5.41, 5.74) is 5.47. The van der Waals surface area contributed by atoms with Crippen LogP contribution in [0.2, 0.25) is 0 Å². The lowest BCUT2D eigenvalue weighted by molar-refractivity contribution is 0.590. The number of hydrogen-bond acceptors (Lipinski definition) is 0. The molecule has 0 amide bonds. The standard InChI is InChI=1S/C17H19Br/c1-17(2,3)16-10-8-15(9-11-16)14-6-4-13(12-18)5-7-14/h4-11H,12H2,1-3H3. The second-order valence-corrected chi connectivity index (χ2v) is 6.22. The molecule has 0 aliphatic rings. The molecule has 0 aliphatic carbocycles. The van der Waals surface area contributed by atoms with Gasteiger partial charge in [0, 0.05) is 5.33 Å². The molecule has 0 fully saturated rings. The van der Waals surface area contributed by atoms with E-state index in [9.17, 15) is 0 Å². The molecule has 0 bridgehead atoms. The van der Waals surface area contributed by atoms with Crippen molar-refractivity contribution in [3.05, 3.63) is 59.7 Å². The minimum atomic E-state index is 0.221. The van der Waals surface area contributed by atoms with Crippen molar-refractivity contribution in [1.29, 1.82) is 0 Å². The fourth-order valence-electron chi connectivity index (χ4n) is 1.95. The Hall–Kier alpha value is -1.08. The first-order valence-corrected chi connectivity index (χ1v) is 7.39. The Balaban J connectivity index is 2.28. The molecule has 1 heteroatoms. The van der Waals surface area contributed by atoms with Crippen LogP contribution in [0, 0.1) is 0 Å². The number of hydrogen-bond donors (Lipinski definition) is 0. The van der Waals surface area contributed by atoms with Crippen molar-refractivity contribution < 1.29 is 0 Å². The average Bonchev–Trinajstić information content (AvgIpc) is 2.38. The van der Waals surface area contributed by atoms with Crippen LogP contribution in [-0.4, -0.2) is 0 Å². The quantitative estimate of drug-likeness (QED) is 0.638. The third-order valence-corrected chi connectivity index (χ3v) is 3.84. The number of benzene rings is 2. The second-order valence-electron chi connectivity index (χ2n) is 5.66. The van der Waals surface area contributed by atoms with Gasteiger partial charge < -0.3 is 0 Å². The van der Waals surface area contributed by atoms with Gasteiger partial charge in [0.2, 0.25) is 0 Å². The van der Waals surface area contributed by atoms with Crippen LogP contribution in [-0.2, 0) is 10.7 Å². The molecular formula is C17H19Br. The molecule has 0 atom stereocenters. The molecular weight excluding hydrogens is 284 g/mol. The van der Waals surface area contributed by atoms with E-state index < -0.39 is 0 Å². The molecule has 0 N–H and O–H groups in total. The van der Waals surface area contributed by atoms with Crippen LogP contribution >= 0.6 is 15.9 Å². The fraction of sp³-hybridized carbons (Fsp3) is 0.294. The Labute approximate surface area is 118 Å². The number of rotatable bonds is 2. The van der Waals surface area contributed by atoms with Crippen molar-refractivity contribution >= 4 is 15.9 Å². The molecule has 0 saturated heterocycles. The molecule has 2 aromatic carbocycles. The topological polar surface area (TPSA) is 0 Å². The molecule has 0 spiro atoms. The van der Waals surface area contributed by atoms with Crippen molar-refractivity contribution in [3.63, 3.8) is 0 Å². The molecule has 0 unspecified atom stereocenters. The third kappa shape index (κ3) is 3.02. The second kappa shape index (κ2) is 5.27. The number of halogens is 1. The number of alkyl halides is 1. The summed E-state index contributed by atoms with van der Waals surface area (Å²) < 4.78 is 0. The Morgan fingerprint density at radius 2 is 1.22 bits per heavy atom. The van der Waals surface area contributed by atoms with Gasteiger partial charge in [0.25, 0.3) is 0 Å². The van der Waals surface area contributed by atoms with E-state index in [2.05, 4.69) is 85.2 Å². The van der Waals surface area contributed by atoms with Gasteiger partial charge in [-0.25, -0.2) is 0 Å². The molecule has 18 heavy (non-hydrogen) atoms. The zero-order chi connectivity index (χ0) is 13.2. The minimum Gasteiger partial charge on any atom is -0.0876 e. The van der Waals surface area contributed by atoms with E-state index in [4.69, 9.17) is 0 Å². The Kier molecular flexibility index (Phi) is 3.91. The third-order valence-electron chi connectivity index (χ3n) is 3.19. The lowest BCUT2D eigenvalue weighted by Crippen LogP contribution is -2.10. The predicted molar refractivity (Wildman–Crippen MR) is 83.2 cm³/mol. The van der Waals surface area contributed by atoms with E-state index in [1.54, 1.807) is 0 Å². The maximum Gasteiger partial charge on any atom is 0.0283 e. The molecule has 0 saturated carbocycles. The summed E-state index contributed by atoms with van der Waals surface area (Å²) in [4.78, 5) is 0. The summed E-state index contributed by atoms with van der Waals surface area (Å²) in [6.45, 7) is 6.73. The average molecular weight is 303 g/mol. The van der Waals surface area contributed by atoms with Crippen molar-refractivity contribution in [2.24, 2.45) is 0 Å². The van der Waals surface area contributed by atoms with Crippen LogP contribution in [0.1, 0.15) is 31.9 Å². The van der Waals surface area contributed by atoms with Crippen LogP contribution in [0.25, 0.3) is 11.1 Å². The molecule has 0 aromatic heterocycles. The largest absolute Gasteiger partial charge is 0.0876 e. The lowest BCUT2D eigenvalue weighted by Gasteiger charge is -2.19. The van der Waals surface area contributed by atoms with Crippen LogP contribution in [0.3, 0.4) is 0 Å². The van der Waals surface area contributed by atoms with Gasteiger partial charge in [-0.05, 0) is 27.7 Å². The smallest absolute Gasteiger partial charge is 0.0283 e. The highest BCUT2D eigenvalue weighted by Gasteiger charge is 2.12. The van der Waals surface area contributed by atoms with E-state index in [0.717, 1.165) is 5.33 Å². The van der Waals surface area contributed by atoms with Gasteiger partial charge >= 0.3 is 0 Å².